The fourth-order valence-corrected chi connectivity index (χ4v) is 3.01. The Hall–Kier alpha value is -2.57. The van der Waals surface area contributed by atoms with Gasteiger partial charge in [0.15, 0.2) is 0 Å². The van der Waals surface area contributed by atoms with Crippen molar-refractivity contribution < 1.29 is 24.2 Å². The molecule has 3 atom stereocenters. The molecule has 2 N–H and O–H groups in total. The van der Waals surface area contributed by atoms with E-state index in [0.717, 1.165) is 11.3 Å². The highest BCUT2D eigenvalue weighted by atomic mass is 16.5. The lowest BCUT2D eigenvalue weighted by molar-refractivity contribution is -0.143. The minimum absolute atomic E-state index is 0.101. The maximum Gasteiger partial charge on any atom is 0.326 e. The van der Waals surface area contributed by atoms with Crippen molar-refractivity contribution >= 4 is 17.8 Å². The van der Waals surface area contributed by atoms with Gasteiger partial charge in [-0.05, 0) is 23.6 Å². The summed E-state index contributed by atoms with van der Waals surface area (Å²) in [6.07, 6.45) is 0.749. The van der Waals surface area contributed by atoms with Crippen molar-refractivity contribution in [2.45, 2.75) is 39.3 Å². The largest absolute Gasteiger partial charge is 0.497 e. The van der Waals surface area contributed by atoms with Crippen LogP contribution in [0.1, 0.15) is 32.3 Å². The van der Waals surface area contributed by atoms with E-state index in [2.05, 4.69) is 5.32 Å². The molecule has 7 nitrogen and oxygen atoms in total. The zero-order chi connectivity index (χ0) is 19.3. The second-order valence-corrected chi connectivity index (χ2v) is 6.73. The minimum atomic E-state index is -1.05. The second-order valence-electron chi connectivity index (χ2n) is 6.73. The highest BCUT2D eigenvalue weighted by Crippen LogP contribution is 2.22. The third-order valence-corrected chi connectivity index (χ3v) is 4.89. The zero-order valence-electron chi connectivity index (χ0n) is 15.4. The van der Waals surface area contributed by atoms with Gasteiger partial charge in [0.1, 0.15) is 11.8 Å². The Kier molecular flexibility index (Phi) is 6.60. The molecule has 1 aromatic rings. The van der Waals surface area contributed by atoms with Gasteiger partial charge in [-0.2, -0.15) is 0 Å². The number of likely N-dealkylation sites (tertiary alicyclic amines) is 1. The van der Waals surface area contributed by atoms with Crippen molar-refractivity contribution in [2.75, 3.05) is 13.7 Å². The molecule has 0 aromatic heterocycles. The quantitative estimate of drug-likeness (QED) is 0.733. The van der Waals surface area contributed by atoms with Crippen LogP contribution in [0.25, 0.3) is 0 Å². The molecule has 0 saturated carbocycles. The molecule has 1 saturated heterocycles. The van der Waals surface area contributed by atoms with E-state index in [1.165, 1.54) is 0 Å². The van der Waals surface area contributed by atoms with Gasteiger partial charge in [0, 0.05) is 19.5 Å². The van der Waals surface area contributed by atoms with Crippen molar-refractivity contribution in [3.05, 3.63) is 29.8 Å². The highest BCUT2D eigenvalue weighted by molar-refractivity contribution is 5.91. The van der Waals surface area contributed by atoms with Crippen molar-refractivity contribution in [3.63, 3.8) is 0 Å². The van der Waals surface area contributed by atoms with E-state index in [4.69, 9.17) is 4.74 Å². The first-order chi connectivity index (χ1) is 12.3. The Morgan fingerprint density at radius 2 is 2.00 bits per heavy atom. The SMILES string of the molecule is CC[C@H](C)[C@H](NC(=O)C1CC(=O)N(Cc2ccc(OC)cc2)C1)C(=O)O. The number of rotatable bonds is 8. The normalized spacial score (nSPS) is 19.1. The second kappa shape index (κ2) is 8.69. The summed E-state index contributed by atoms with van der Waals surface area (Å²) in [5.41, 5.74) is 0.947. The minimum Gasteiger partial charge on any atom is -0.497 e. The number of carboxylic acid groups (broad SMARTS) is 1. The monoisotopic (exact) mass is 362 g/mol. The van der Waals surface area contributed by atoms with Crippen LogP contribution in [0.4, 0.5) is 0 Å². The van der Waals surface area contributed by atoms with Gasteiger partial charge < -0.3 is 20.1 Å². The third-order valence-electron chi connectivity index (χ3n) is 4.89. The number of nitrogens with zero attached hydrogens (tertiary/aromatic N) is 1. The van der Waals surface area contributed by atoms with Crippen molar-refractivity contribution in [1.29, 1.82) is 0 Å². The first-order valence-corrected chi connectivity index (χ1v) is 8.79. The predicted octanol–water partition coefficient (Wildman–Crippen LogP) is 1.66. The predicted molar refractivity (Wildman–Crippen MR) is 95.5 cm³/mol. The average Bonchev–Trinajstić information content (AvgIpc) is 3.00. The number of hydrogen-bond acceptors (Lipinski definition) is 4. The maximum absolute atomic E-state index is 12.4. The molecule has 7 heteroatoms. The molecule has 142 valence electrons. The first kappa shape index (κ1) is 19.8. The molecule has 2 amide bonds. The summed E-state index contributed by atoms with van der Waals surface area (Å²) < 4.78 is 5.11. The number of aliphatic carboxylic acids is 1. The molecule has 0 spiro atoms. The summed E-state index contributed by atoms with van der Waals surface area (Å²) in [5, 5.41) is 11.9. The fourth-order valence-electron chi connectivity index (χ4n) is 3.01. The summed E-state index contributed by atoms with van der Waals surface area (Å²) in [6, 6.07) is 6.47. The Bertz CT molecular complexity index is 658. The number of nitrogens with one attached hydrogen (secondary N) is 1. The van der Waals surface area contributed by atoms with Crippen LogP contribution in [0.3, 0.4) is 0 Å². The number of carbonyl (C=O) groups excluding carboxylic acids is 2. The Balaban J connectivity index is 1.96. The number of carboxylic acids is 1. The number of carbonyl (C=O) groups is 3. The Labute approximate surface area is 153 Å². The van der Waals surface area contributed by atoms with Crippen molar-refractivity contribution in [1.82, 2.24) is 10.2 Å². The van der Waals surface area contributed by atoms with Gasteiger partial charge in [-0.1, -0.05) is 32.4 Å². The number of benzene rings is 1. The van der Waals surface area contributed by atoms with Crippen molar-refractivity contribution in [2.24, 2.45) is 11.8 Å². The molecule has 1 aromatic carbocycles. The van der Waals surface area contributed by atoms with E-state index in [9.17, 15) is 19.5 Å². The lowest BCUT2D eigenvalue weighted by Gasteiger charge is -2.22. The van der Waals surface area contributed by atoms with Crippen LogP contribution < -0.4 is 10.1 Å². The van der Waals surface area contributed by atoms with Crippen LogP contribution in [0.5, 0.6) is 5.75 Å². The molecular formula is C19H26N2O5. The number of amides is 2. The maximum atomic E-state index is 12.4. The summed E-state index contributed by atoms with van der Waals surface area (Å²) in [6.45, 7) is 4.38. The van der Waals surface area contributed by atoms with Gasteiger partial charge in [-0.3, -0.25) is 9.59 Å². The molecule has 1 aliphatic heterocycles. The van der Waals surface area contributed by atoms with Crippen LogP contribution in [-0.2, 0) is 20.9 Å². The fraction of sp³-hybridized carbons (Fsp3) is 0.526. The average molecular weight is 362 g/mol. The highest BCUT2D eigenvalue weighted by Gasteiger charge is 2.36. The van der Waals surface area contributed by atoms with E-state index in [0.29, 0.717) is 19.5 Å². The van der Waals surface area contributed by atoms with Crippen LogP contribution >= 0.6 is 0 Å². The standard InChI is InChI=1S/C19H26N2O5/c1-4-12(2)17(19(24)25)20-18(23)14-9-16(22)21(11-14)10-13-5-7-15(26-3)8-6-13/h5-8,12,14,17H,4,9-11H2,1-3H3,(H,20,23)(H,24,25)/t12-,14?,17-/m0/s1. The van der Waals surface area contributed by atoms with Crippen molar-refractivity contribution in [3.8, 4) is 5.75 Å². The summed E-state index contributed by atoms with van der Waals surface area (Å²) in [5.74, 6) is -1.48. The summed E-state index contributed by atoms with van der Waals surface area (Å²) in [7, 11) is 1.59. The molecule has 0 radical (unpaired) electrons. The number of hydrogen-bond donors (Lipinski definition) is 2. The number of ether oxygens (including phenoxy) is 1. The molecule has 1 aliphatic rings. The topological polar surface area (TPSA) is 95.9 Å². The zero-order valence-corrected chi connectivity index (χ0v) is 15.4. The van der Waals surface area contributed by atoms with Gasteiger partial charge in [-0.15, -0.1) is 0 Å². The van der Waals surface area contributed by atoms with E-state index < -0.39 is 17.9 Å². The van der Waals surface area contributed by atoms with Gasteiger partial charge in [0.05, 0.1) is 13.0 Å². The van der Waals surface area contributed by atoms with Crippen LogP contribution in [0.2, 0.25) is 0 Å². The Morgan fingerprint density at radius 1 is 1.35 bits per heavy atom. The molecular weight excluding hydrogens is 336 g/mol. The van der Waals surface area contributed by atoms with Gasteiger partial charge in [-0.25, -0.2) is 4.79 Å². The molecule has 0 aliphatic carbocycles. The van der Waals surface area contributed by atoms with Gasteiger partial charge in [0.2, 0.25) is 11.8 Å². The molecule has 26 heavy (non-hydrogen) atoms. The van der Waals surface area contributed by atoms with Crippen LogP contribution in [0, 0.1) is 11.8 Å². The summed E-state index contributed by atoms with van der Waals surface area (Å²) in [4.78, 5) is 37.7. The van der Waals surface area contributed by atoms with E-state index in [1.807, 2.05) is 31.2 Å². The number of methoxy groups -OCH3 is 1. The van der Waals surface area contributed by atoms with Crippen LogP contribution in [-0.4, -0.2) is 47.5 Å². The molecule has 0 bridgehead atoms. The smallest absolute Gasteiger partial charge is 0.326 e. The molecule has 1 heterocycles. The molecule has 1 fully saturated rings. The Morgan fingerprint density at radius 3 is 2.54 bits per heavy atom. The molecule has 2 rings (SSSR count). The van der Waals surface area contributed by atoms with Gasteiger partial charge in [0.25, 0.3) is 0 Å². The van der Waals surface area contributed by atoms with E-state index in [-0.39, 0.29) is 24.2 Å². The summed E-state index contributed by atoms with van der Waals surface area (Å²) >= 11 is 0. The third kappa shape index (κ3) is 4.74. The van der Waals surface area contributed by atoms with E-state index >= 15 is 0 Å². The lowest BCUT2D eigenvalue weighted by atomic mass is 9.98. The first-order valence-electron chi connectivity index (χ1n) is 8.79. The van der Waals surface area contributed by atoms with E-state index in [1.54, 1.807) is 18.9 Å². The van der Waals surface area contributed by atoms with Crippen LogP contribution in [0.15, 0.2) is 24.3 Å². The lowest BCUT2D eigenvalue weighted by Crippen LogP contribution is -2.47. The van der Waals surface area contributed by atoms with Gasteiger partial charge >= 0.3 is 5.97 Å². The molecule has 1 unspecified atom stereocenters.